The van der Waals surface area contributed by atoms with Crippen molar-refractivity contribution in [2.24, 2.45) is 0 Å². The first-order valence-corrected chi connectivity index (χ1v) is 47.9. The van der Waals surface area contributed by atoms with Crippen LogP contribution in [0.25, 0.3) is 66.8 Å². The summed E-state index contributed by atoms with van der Waals surface area (Å²) in [7, 11) is -9.87. The first-order chi connectivity index (χ1) is 57.5. The standard InChI is InChI=1S/C33H40ClNO6S.2C32H38ClNO6S/c1-18-17-22(12-14-25(18)34)27-20(3)28(24-13-15-26-23(19(24)2)11-10-16-40-26)29(21(4)30(27)35-42(9,37)38)31(32(36)39-8)41-33(5,6)7;2*1-17-16-21(11-13-24(17)33)26-19(3)27(23-12-14-25-22(18(23)2)10-9-15-39-25)28(20(4)29(26)34-41(8,37)38)30(31(35)36)40-32(5,6)7/h12-15,17,31,35H,10-11,16H2,1-9H3;2*11-14,16,30,34H,9-10,15H2,1-8H3,(H,35,36)/t31-;2*30-/m000/s1. The molecule has 0 spiro atoms. The Bertz CT molecular complexity index is 5860. The van der Waals surface area contributed by atoms with Gasteiger partial charge in [0.15, 0.2) is 18.3 Å². The molecule has 12 rings (SSSR count). The summed E-state index contributed by atoms with van der Waals surface area (Å²) >= 11 is 19.1. The summed E-state index contributed by atoms with van der Waals surface area (Å²) < 4.78 is 126. The summed E-state index contributed by atoms with van der Waals surface area (Å²) in [6, 6.07) is 28.5. The third-order valence-electron chi connectivity index (χ3n) is 22.4. The Labute approximate surface area is 746 Å². The molecule has 5 N–H and O–H groups in total. The minimum atomic E-state index is -3.74. The van der Waals surface area contributed by atoms with Gasteiger partial charge in [-0.25, -0.2) is 39.6 Å². The lowest BCUT2D eigenvalue weighted by Gasteiger charge is -2.32. The molecule has 666 valence electrons. The molecule has 124 heavy (non-hydrogen) atoms. The van der Waals surface area contributed by atoms with Gasteiger partial charge in [0.2, 0.25) is 30.1 Å². The average Bonchev–Trinajstić information content (AvgIpc) is 0.739. The van der Waals surface area contributed by atoms with Crippen LogP contribution in [0.1, 0.15) is 200 Å². The number of methoxy groups -OCH3 is 1. The maximum absolute atomic E-state index is 13.5. The van der Waals surface area contributed by atoms with Crippen molar-refractivity contribution in [1.29, 1.82) is 0 Å². The average molecular weight is 1810 g/mol. The second-order valence-corrected chi connectivity index (χ2v) is 41.9. The number of aryl methyl sites for hydroxylation is 3. The van der Waals surface area contributed by atoms with E-state index in [2.05, 4.69) is 21.1 Å². The Kier molecular flexibility index (Phi) is 29.5. The van der Waals surface area contributed by atoms with Gasteiger partial charge in [-0.15, -0.1) is 0 Å². The van der Waals surface area contributed by atoms with Gasteiger partial charge in [-0.2, -0.15) is 0 Å². The van der Waals surface area contributed by atoms with E-state index in [1.54, 1.807) is 73.6 Å². The number of halogens is 3. The fourth-order valence-electron chi connectivity index (χ4n) is 17.0. The van der Waals surface area contributed by atoms with Crippen molar-refractivity contribution < 1.29 is 83.0 Å². The SMILES string of the molecule is COC(=O)[C@@H](OC(C)(C)C)c1c(C)c(NS(C)(=O)=O)c(-c2ccc(Cl)c(C)c2)c(C)c1-c1ccc2c(c1C)CCCO2.Cc1cc(-c2c(C)c(-c3ccc4c(c3C)CCCO4)c([C@H](OC(C)(C)C)C(=O)O)c(C)c2NS(C)(=O)=O)ccc1Cl.Cc1cc(-c2c(C)c(-c3ccc4c(c3C)CCCO4)c([C@H](OC(C)(C)C)C(=O)O)c(C)c2NS(C)(=O)=O)ccc1Cl. The number of nitrogens with one attached hydrogen (secondary N) is 3. The van der Waals surface area contributed by atoms with Gasteiger partial charge in [0.05, 0.1) is 79.6 Å². The van der Waals surface area contributed by atoms with Gasteiger partial charge >= 0.3 is 17.9 Å². The number of esters is 1. The number of rotatable bonds is 21. The summed E-state index contributed by atoms with van der Waals surface area (Å²) in [5, 5.41) is 22.8. The van der Waals surface area contributed by atoms with E-state index >= 15 is 0 Å². The van der Waals surface area contributed by atoms with Crippen molar-refractivity contribution in [3.8, 4) is 84.0 Å². The van der Waals surface area contributed by atoms with E-state index in [1.807, 2.05) is 156 Å². The molecule has 9 aromatic rings. The molecule has 0 radical (unpaired) electrons. The lowest BCUT2D eigenvalue weighted by molar-refractivity contribution is -0.164. The first kappa shape index (κ1) is 97.0. The molecule has 9 aromatic carbocycles. The van der Waals surface area contributed by atoms with E-state index < -0.39 is 83.1 Å². The number of carbonyl (C=O) groups excluding carboxylic acids is 1. The molecule has 0 bridgehead atoms. The van der Waals surface area contributed by atoms with Crippen molar-refractivity contribution in [3.05, 3.63) is 206 Å². The van der Waals surface area contributed by atoms with Crippen LogP contribution in [0.2, 0.25) is 15.1 Å². The number of hydrogen-bond acceptors (Lipinski definition) is 16. The molecule has 0 aromatic heterocycles. The van der Waals surface area contributed by atoms with E-state index in [4.69, 9.17) is 68.0 Å². The molecule has 0 fully saturated rings. The molecule has 27 heteroatoms. The molecule has 21 nitrogen and oxygen atoms in total. The van der Waals surface area contributed by atoms with Gasteiger partial charge in [-0.1, -0.05) is 71.2 Å². The highest BCUT2D eigenvalue weighted by Crippen LogP contribution is 2.54. The third-order valence-corrected chi connectivity index (χ3v) is 25.4. The fraction of sp³-hybridized carbons (Fsp3) is 0.412. The maximum atomic E-state index is 13.5. The smallest absolute Gasteiger partial charge is 0.339 e. The summed E-state index contributed by atoms with van der Waals surface area (Å²) in [6.45, 7) is 41.2. The van der Waals surface area contributed by atoms with Crippen molar-refractivity contribution in [2.45, 2.75) is 219 Å². The number of carboxylic acids is 2. The highest BCUT2D eigenvalue weighted by molar-refractivity contribution is 7.92. The van der Waals surface area contributed by atoms with Gasteiger partial charge in [-0.05, 0) is 372 Å². The zero-order valence-electron chi connectivity index (χ0n) is 75.5. The van der Waals surface area contributed by atoms with Crippen LogP contribution in [-0.4, -0.2) is 116 Å². The highest BCUT2D eigenvalue weighted by Gasteiger charge is 2.41. The summed E-state index contributed by atoms with van der Waals surface area (Å²) in [5.41, 5.74) is 21.8. The van der Waals surface area contributed by atoms with Crippen molar-refractivity contribution in [3.63, 3.8) is 0 Å². The molecule has 0 saturated heterocycles. The van der Waals surface area contributed by atoms with Crippen LogP contribution < -0.4 is 28.4 Å². The number of carboxylic acid groups (broad SMARTS) is 2. The largest absolute Gasteiger partial charge is 0.493 e. The molecule has 3 aliphatic rings. The first-order valence-electron chi connectivity index (χ1n) is 41.1. The van der Waals surface area contributed by atoms with E-state index in [1.165, 1.54) is 7.11 Å². The van der Waals surface area contributed by atoms with Crippen LogP contribution in [0.15, 0.2) is 91.0 Å². The normalized spacial score (nSPS) is 14.2. The fourth-order valence-corrected chi connectivity index (χ4v) is 19.2. The molecule has 3 atom stereocenters. The monoisotopic (exact) mass is 1810 g/mol. The van der Waals surface area contributed by atoms with Crippen LogP contribution in [0.4, 0.5) is 17.1 Å². The number of sulfonamides is 3. The molecule has 3 heterocycles. The Morgan fingerprint density at radius 3 is 0.847 bits per heavy atom. The summed E-state index contributed by atoms with van der Waals surface area (Å²) in [4.78, 5) is 39.2. The number of fused-ring (bicyclic) bond motifs is 3. The second kappa shape index (κ2) is 37.8. The lowest BCUT2D eigenvalue weighted by Crippen LogP contribution is -2.30. The Morgan fingerprint density at radius 2 is 0.621 bits per heavy atom. The van der Waals surface area contributed by atoms with Gasteiger partial charge in [0.1, 0.15) is 17.2 Å². The number of anilines is 3. The zero-order valence-corrected chi connectivity index (χ0v) is 80.3. The summed E-state index contributed by atoms with van der Waals surface area (Å²) in [5.74, 6) is -0.382. The minimum Gasteiger partial charge on any atom is -0.493 e. The van der Waals surface area contributed by atoms with Crippen molar-refractivity contribution in [1.82, 2.24) is 0 Å². The number of ether oxygens (including phenoxy) is 7. The van der Waals surface area contributed by atoms with Crippen LogP contribution in [-0.2, 0) is 82.7 Å². The lowest BCUT2D eigenvalue weighted by atomic mass is 9.80. The number of hydrogen-bond donors (Lipinski definition) is 5. The van der Waals surface area contributed by atoms with Crippen LogP contribution in [0, 0.1) is 83.1 Å². The molecule has 3 aliphatic heterocycles. The van der Waals surface area contributed by atoms with Crippen molar-refractivity contribution >= 4 is 99.8 Å². The number of carbonyl (C=O) groups is 3. The van der Waals surface area contributed by atoms with Gasteiger partial charge in [0, 0.05) is 48.4 Å². The predicted octanol–water partition coefficient (Wildman–Crippen LogP) is 22.7. The van der Waals surface area contributed by atoms with Crippen molar-refractivity contribution in [2.75, 3.05) is 59.9 Å². The predicted molar refractivity (Wildman–Crippen MR) is 499 cm³/mol. The van der Waals surface area contributed by atoms with Crippen LogP contribution in [0.5, 0.6) is 17.2 Å². The molecule has 0 unspecified atom stereocenters. The minimum absolute atomic E-state index is 0.313. The quantitative estimate of drug-likeness (QED) is 0.0418. The molecule has 0 aliphatic carbocycles. The van der Waals surface area contributed by atoms with Gasteiger partial charge in [-0.3, -0.25) is 14.2 Å². The highest BCUT2D eigenvalue weighted by atomic mass is 35.5. The molecular formula is C97H116Cl3N3O18S3. The maximum Gasteiger partial charge on any atom is 0.339 e. The van der Waals surface area contributed by atoms with Gasteiger partial charge < -0.3 is 43.4 Å². The Hall–Kier alpha value is -9.21. The van der Waals surface area contributed by atoms with E-state index in [0.29, 0.717) is 113 Å². The zero-order chi connectivity index (χ0) is 92.0. The van der Waals surface area contributed by atoms with Crippen LogP contribution >= 0.6 is 34.8 Å². The Balaban J connectivity index is 0.000000195. The molecule has 0 amide bonds. The molecular weight excluding hydrogens is 1700 g/mol. The van der Waals surface area contributed by atoms with E-state index in [0.717, 1.165) is 180 Å². The van der Waals surface area contributed by atoms with E-state index in [-0.39, 0.29) is 0 Å². The Morgan fingerprint density at radius 1 is 0.371 bits per heavy atom. The van der Waals surface area contributed by atoms with E-state index in [9.17, 15) is 49.9 Å². The topological polar surface area (TPSA) is 295 Å². The van der Waals surface area contributed by atoms with Crippen LogP contribution in [0.3, 0.4) is 0 Å². The number of benzene rings is 9. The number of aliphatic carboxylic acids is 2. The third kappa shape index (κ3) is 21.9. The van der Waals surface area contributed by atoms with Gasteiger partial charge in [0.25, 0.3) is 0 Å². The summed E-state index contributed by atoms with van der Waals surface area (Å²) in [6.07, 6.45) is 4.68. The molecule has 0 saturated carbocycles. The second-order valence-electron chi connectivity index (χ2n) is 35.4.